The Bertz CT molecular complexity index is 1170. The van der Waals surface area contributed by atoms with Crippen LogP contribution in [0.3, 0.4) is 0 Å². The van der Waals surface area contributed by atoms with Crippen molar-refractivity contribution in [2.75, 3.05) is 0 Å². The van der Waals surface area contributed by atoms with Crippen LogP contribution in [0.1, 0.15) is 19.4 Å². The van der Waals surface area contributed by atoms with Crippen LogP contribution in [-0.2, 0) is 28.1 Å². The molecule has 0 aliphatic carbocycles. The number of hydrogen-bond donors (Lipinski definition) is 0. The van der Waals surface area contributed by atoms with Crippen LogP contribution >= 0.6 is 22.9 Å². The van der Waals surface area contributed by atoms with Gasteiger partial charge in [0.2, 0.25) is 0 Å². The number of nitrogens with zero attached hydrogens (tertiary/aromatic N) is 2. The van der Waals surface area contributed by atoms with Gasteiger partial charge in [-0.1, -0.05) is 35.1 Å². The van der Waals surface area contributed by atoms with E-state index in [0.717, 1.165) is 15.8 Å². The van der Waals surface area contributed by atoms with E-state index >= 15 is 0 Å². The number of sulfone groups is 1. The molecule has 1 heterocycles. The summed E-state index contributed by atoms with van der Waals surface area (Å²) >= 11 is 7.41. The summed E-state index contributed by atoms with van der Waals surface area (Å²) in [4.78, 5) is 17.4. The Morgan fingerprint density at radius 3 is 2.48 bits per heavy atom. The molecule has 0 spiro atoms. The quantitative estimate of drug-likeness (QED) is 0.643. The van der Waals surface area contributed by atoms with Gasteiger partial charge in [0, 0.05) is 12.1 Å². The van der Waals surface area contributed by atoms with Crippen molar-refractivity contribution in [3.63, 3.8) is 0 Å². The molecule has 0 aliphatic rings. The zero-order valence-electron chi connectivity index (χ0n) is 15.1. The Morgan fingerprint density at radius 2 is 1.85 bits per heavy atom. The third-order valence-corrected chi connectivity index (χ3v) is 7.72. The molecular formula is C19H19ClN2O3S2. The molecular weight excluding hydrogens is 404 g/mol. The first kappa shape index (κ1) is 19.8. The molecule has 2 aromatic carbocycles. The Balaban J connectivity index is 1.84. The maximum Gasteiger partial charge on any atom is 0.252 e. The van der Waals surface area contributed by atoms with Crippen molar-refractivity contribution in [3.8, 4) is 0 Å². The summed E-state index contributed by atoms with van der Waals surface area (Å²) < 4.78 is 27.1. The van der Waals surface area contributed by atoms with Crippen molar-refractivity contribution >= 4 is 48.9 Å². The smallest absolute Gasteiger partial charge is 0.252 e. The van der Waals surface area contributed by atoms with E-state index in [4.69, 9.17) is 11.6 Å². The third-order valence-electron chi connectivity index (χ3n) is 4.22. The van der Waals surface area contributed by atoms with Crippen molar-refractivity contribution in [1.82, 2.24) is 4.57 Å². The SMILES string of the molecule is CC(C)S(=O)(=O)c1ccc(CC(=O)N=c2sc3cc(Cl)ccc3n2C)cc1. The second kappa shape index (κ2) is 7.58. The van der Waals surface area contributed by atoms with Gasteiger partial charge in [-0.05, 0) is 49.7 Å². The van der Waals surface area contributed by atoms with Crippen LogP contribution in [-0.4, -0.2) is 24.1 Å². The number of aromatic nitrogens is 1. The summed E-state index contributed by atoms with van der Waals surface area (Å²) in [5.74, 6) is -0.289. The molecule has 1 amide bonds. The Morgan fingerprint density at radius 1 is 1.19 bits per heavy atom. The maximum atomic E-state index is 12.4. The molecule has 8 heteroatoms. The molecule has 0 radical (unpaired) electrons. The predicted molar refractivity (Wildman–Crippen MR) is 109 cm³/mol. The minimum Gasteiger partial charge on any atom is -0.319 e. The van der Waals surface area contributed by atoms with Crippen LogP contribution < -0.4 is 4.80 Å². The van der Waals surface area contributed by atoms with Gasteiger partial charge in [-0.25, -0.2) is 8.42 Å². The number of halogens is 1. The molecule has 1 aromatic heterocycles. The molecule has 3 rings (SSSR count). The number of aryl methyl sites for hydroxylation is 1. The molecule has 0 fully saturated rings. The van der Waals surface area contributed by atoms with Gasteiger partial charge in [0.15, 0.2) is 14.6 Å². The number of fused-ring (bicyclic) bond motifs is 1. The molecule has 0 N–H and O–H groups in total. The number of thiazole rings is 1. The molecule has 27 heavy (non-hydrogen) atoms. The van der Waals surface area contributed by atoms with E-state index in [1.807, 2.05) is 23.7 Å². The fourth-order valence-corrected chi connectivity index (χ4v) is 4.98. The van der Waals surface area contributed by atoms with E-state index in [2.05, 4.69) is 4.99 Å². The van der Waals surface area contributed by atoms with E-state index in [1.165, 1.54) is 11.3 Å². The number of rotatable bonds is 4. The lowest BCUT2D eigenvalue weighted by Gasteiger charge is -2.08. The summed E-state index contributed by atoms with van der Waals surface area (Å²) in [5, 5.41) is 0.153. The van der Waals surface area contributed by atoms with Gasteiger partial charge >= 0.3 is 0 Å². The first-order valence-corrected chi connectivity index (χ1v) is 11.1. The molecule has 3 aromatic rings. The van der Waals surface area contributed by atoms with Crippen LogP contribution in [0.2, 0.25) is 5.02 Å². The zero-order chi connectivity index (χ0) is 19.8. The average Bonchev–Trinajstić information content (AvgIpc) is 2.90. The van der Waals surface area contributed by atoms with E-state index in [0.29, 0.717) is 9.82 Å². The zero-order valence-corrected chi connectivity index (χ0v) is 17.5. The molecule has 0 saturated heterocycles. The maximum absolute atomic E-state index is 12.4. The lowest BCUT2D eigenvalue weighted by Crippen LogP contribution is -2.15. The van der Waals surface area contributed by atoms with Crippen molar-refractivity contribution < 1.29 is 13.2 Å². The highest BCUT2D eigenvalue weighted by Crippen LogP contribution is 2.21. The number of hydrogen-bond acceptors (Lipinski definition) is 4. The van der Waals surface area contributed by atoms with Crippen LogP contribution in [0.5, 0.6) is 0 Å². The molecule has 0 saturated carbocycles. The van der Waals surface area contributed by atoms with Crippen LogP contribution in [0.4, 0.5) is 0 Å². The number of carbonyl (C=O) groups excluding carboxylic acids is 1. The van der Waals surface area contributed by atoms with Gasteiger partial charge in [0.05, 0.1) is 26.8 Å². The number of amides is 1. The van der Waals surface area contributed by atoms with Crippen LogP contribution in [0.25, 0.3) is 10.2 Å². The van der Waals surface area contributed by atoms with Gasteiger partial charge in [0.1, 0.15) is 0 Å². The average molecular weight is 423 g/mol. The first-order chi connectivity index (χ1) is 12.7. The van der Waals surface area contributed by atoms with E-state index < -0.39 is 15.1 Å². The fourth-order valence-electron chi connectivity index (χ4n) is 2.60. The van der Waals surface area contributed by atoms with Crippen LogP contribution in [0.15, 0.2) is 52.4 Å². The van der Waals surface area contributed by atoms with Crippen molar-refractivity contribution in [2.45, 2.75) is 30.4 Å². The van der Waals surface area contributed by atoms with Crippen molar-refractivity contribution in [3.05, 3.63) is 57.9 Å². The minimum absolute atomic E-state index is 0.108. The highest BCUT2D eigenvalue weighted by atomic mass is 35.5. The first-order valence-electron chi connectivity index (χ1n) is 8.34. The molecule has 0 aliphatic heterocycles. The van der Waals surface area contributed by atoms with Gasteiger partial charge in [-0.3, -0.25) is 4.79 Å². The Kier molecular flexibility index (Phi) is 5.55. The van der Waals surface area contributed by atoms with Gasteiger partial charge in [0.25, 0.3) is 5.91 Å². The summed E-state index contributed by atoms with van der Waals surface area (Å²) in [6.45, 7) is 3.29. The highest BCUT2D eigenvalue weighted by molar-refractivity contribution is 7.92. The summed E-state index contributed by atoms with van der Waals surface area (Å²) in [6, 6.07) is 11.9. The van der Waals surface area contributed by atoms with Gasteiger partial charge in [-0.15, -0.1) is 0 Å². The molecule has 0 bridgehead atoms. The highest BCUT2D eigenvalue weighted by Gasteiger charge is 2.18. The molecule has 5 nitrogen and oxygen atoms in total. The Labute approximate surface area is 166 Å². The van der Waals surface area contributed by atoms with E-state index in [1.54, 1.807) is 44.2 Å². The summed E-state index contributed by atoms with van der Waals surface area (Å²) in [6.07, 6.45) is 0.108. The topological polar surface area (TPSA) is 68.5 Å². The van der Waals surface area contributed by atoms with Gasteiger partial charge in [-0.2, -0.15) is 4.99 Å². The van der Waals surface area contributed by atoms with Crippen molar-refractivity contribution in [1.29, 1.82) is 0 Å². The molecule has 0 unspecified atom stereocenters. The van der Waals surface area contributed by atoms with E-state index in [9.17, 15) is 13.2 Å². The second-order valence-corrected chi connectivity index (χ2v) is 10.4. The lowest BCUT2D eigenvalue weighted by atomic mass is 10.1. The molecule has 142 valence electrons. The second-order valence-electron chi connectivity index (χ2n) is 6.48. The predicted octanol–water partition coefficient (Wildman–Crippen LogP) is 3.75. The third kappa shape index (κ3) is 4.15. The fraction of sp³-hybridized carbons (Fsp3) is 0.263. The standard InChI is InChI=1S/C19H19ClN2O3S2/c1-12(2)27(24,25)15-7-4-13(5-8-15)10-18(23)21-19-22(3)16-9-6-14(20)11-17(16)26-19/h4-9,11-12H,10H2,1-3H3. The number of carbonyl (C=O) groups is 1. The summed E-state index contributed by atoms with van der Waals surface area (Å²) in [5.41, 5.74) is 1.68. The van der Waals surface area contributed by atoms with E-state index in [-0.39, 0.29) is 17.2 Å². The summed E-state index contributed by atoms with van der Waals surface area (Å²) in [7, 11) is -1.46. The van der Waals surface area contributed by atoms with Crippen molar-refractivity contribution in [2.24, 2.45) is 12.0 Å². The van der Waals surface area contributed by atoms with Gasteiger partial charge < -0.3 is 4.57 Å². The van der Waals surface area contributed by atoms with Crippen LogP contribution in [0, 0.1) is 0 Å². The lowest BCUT2D eigenvalue weighted by molar-refractivity contribution is -0.117. The number of benzene rings is 2. The Hall–Kier alpha value is -1.96. The normalized spacial score (nSPS) is 12.9. The largest absolute Gasteiger partial charge is 0.319 e. The molecule has 0 atom stereocenters. The monoisotopic (exact) mass is 422 g/mol. The minimum atomic E-state index is -3.32.